The van der Waals surface area contributed by atoms with Crippen LogP contribution in [-0.2, 0) is 14.3 Å². The van der Waals surface area contributed by atoms with Gasteiger partial charge in [-0.3, -0.25) is 14.5 Å². The SMILES string of the molecule is COCCCCOc1cccnc1C(=O)NC[C@@H](C[C@H](N)[C@@H](O)C[C@H](C(=O)NCCN1CCOCC1)C(C)C)C(C)C. The highest BCUT2D eigenvalue weighted by atomic mass is 16.5. The topological polar surface area (TPSA) is 148 Å². The number of pyridine rings is 1. The number of amides is 2. The molecule has 42 heavy (non-hydrogen) atoms. The minimum absolute atomic E-state index is 0.0283. The number of nitrogens with zero attached hydrogens (tertiary/aromatic N) is 2. The summed E-state index contributed by atoms with van der Waals surface area (Å²) in [4.78, 5) is 32.5. The van der Waals surface area contributed by atoms with Gasteiger partial charge in [-0.05, 0) is 55.6 Å². The van der Waals surface area contributed by atoms with Gasteiger partial charge in [0.25, 0.3) is 5.91 Å². The fraction of sp³-hybridized carbons (Fsp3) is 0.774. The molecule has 0 aliphatic carbocycles. The molecule has 1 fully saturated rings. The van der Waals surface area contributed by atoms with Crippen molar-refractivity contribution >= 4 is 11.8 Å². The zero-order chi connectivity index (χ0) is 30.9. The first-order chi connectivity index (χ1) is 20.1. The van der Waals surface area contributed by atoms with Gasteiger partial charge in [-0.15, -0.1) is 0 Å². The number of morpholine rings is 1. The molecule has 1 saturated heterocycles. The molecule has 11 nitrogen and oxygen atoms in total. The third kappa shape index (κ3) is 12.9. The van der Waals surface area contributed by atoms with E-state index < -0.39 is 12.1 Å². The van der Waals surface area contributed by atoms with Crippen LogP contribution in [0.5, 0.6) is 5.75 Å². The Morgan fingerprint density at radius 3 is 2.48 bits per heavy atom. The van der Waals surface area contributed by atoms with Crippen molar-refractivity contribution in [2.45, 2.75) is 65.5 Å². The molecule has 0 radical (unpaired) electrons. The van der Waals surface area contributed by atoms with Gasteiger partial charge in [0.2, 0.25) is 5.91 Å². The minimum atomic E-state index is -0.840. The molecule has 2 rings (SSSR count). The first kappa shape index (κ1) is 35.9. The van der Waals surface area contributed by atoms with E-state index in [-0.39, 0.29) is 41.2 Å². The standard InChI is InChI=1S/C31H55N5O6/c1-22(2)24(21-35-31(39)29-28(9-8-10-33-29)42-16-7-6-15-40-5)19-26(32)27(37)20-25(23(3)4)30(38)34-11-12-36-13-17-41-18-14-36/h8-10,22-27,37H,6-7,11-21,32H2,1-5H3,(H,34,38)(H,35,39)/t24-,25+,26+,27+/m1/s1. The molecular weight excluding hydrogens is 538 g/mol. The number of hydrogen-bond acceptors (Lipinski definition) is 9. The monoisotopic (exact) mass is 593 g/mol. The van der Waals surface area contributed by atoms with Crippen molar-refractivity contribution in [1.29, 1.82) is 0 Å². The van der Waals surface area contributed by atoms with Crippen LogP contribution in [0.2, 0.25) is 0 Å². The summed E-state index contributed by atoms with van der Waals surface area (Å²) in [7, 11) is 1.67. The molecule has 1 aromatic rings. The Hall–Kier alpha value is -2.31. The third-order valence-corrected chi connectivity index (χ3v) is 7.99. The van der Waals surface area contributed by atoms with Crippen molar-refractivity contribution in [3.05, 3.63) is 24.0 Å². The van der Waals surface area contributed by atoms with Crippen molar-refractivity contribution in [3.63, 3.8) is 0 Å². The summed E-state index contributed by atoms with van der Waals surface area (Å²) >= 11 is 0. The molecule has 0 aromatic carbocycles. The fourth-order valence-corrected chi connectivity index (χ4v) is 5.02. The number of carbonyl (C=O) groups is 2. The molecule has 1 aromatic heterocycles. The quantitative estimate of drug-likeness (QED) is 0.167. The highest BCUT2D eigenvalue weighted by molar-refractivity contribution is 5.94. The number of ether oxygens (including phenoxy) is 3. The van der Waals surface area contributed by atoms with Gasteiger partial charge in [-0.2, -0.15) is 0 Å². The summed E-state index contributed by atoms with van der Waals surface area (Å²) in [5, 5.41) is 17.1. The van der Waals surface area contributed by atoms with Crippen molar-refractivity contribution in [1.82, 2.24) is 20.5 Å². The number of aliphatic hydroxyl groups excluding tert-OH is 1. The lowest BCUT2D eigenvalue weighted by molar-refractivity contribution is -0.127. The van der Waals surface area contributed by atoms with Crippen LogP contribution in [0, 0.1) is 23.7 Å². The van der Waals surface area contributed by atoms with Gasteiger partial charge in [0.15, 0.2) is 11.4 Å². The lowest BCUT2D eigenvalue weighted by Crippen LogP contribution is -2.45. The summed E-state index contributed by atoms with van der Waals surface area (Å²) in [5.41, 5.74) is 6.72. The maximum atomic E-state index is 13.0. The molecule has 0 saturated carbocycles. The van der Waals surface area contributed by atoms with Crippen LogP contribution < -0.4 is 21.1 Å². The third-order valence-electron chi connectivity index (χ3n) is 7.99. The van der Waals surface area contributed by atoms with E-state index in [1.807, 2.05) is 13.8 Å². The summed E-state index contributed by atoms with van der Waals surface area (Å²) in [6, 6.07) is 2.96. The molecule has 1 aliphatic rings. The highest BCUT2D eigenvalue weighted by Crippen LogP contribution is 2.23. The zero-order valence-electron chi connectivity index (χ0n) is 26.3. The lowest BCUT2D eigenvalue weighted by atomic mass is 9.83. The maximum Gasteiger partial charge on any atom is 0.273 e. The molecule has 1 aliphatic heterocycles. The van der Waals surface area contributed by atoms with Crippen LogP contribution in [0.3, 0.4) is 0 Å². The van der Waals surface area contributed by atoms with E-state index in [1.54, 1.807) is 25.4 Å². The van der Waals surface area contributed by atoms with Crippen molar-refractivity contribution < 1.29 is 28.9 Å². The van der Waals surface area contributed by atoms with E-state index >= 15 is 0 Å². The number of nitrogens with one attached hydrogen (secondary N) is 2. The predicted molar refractivity (Wildman–Crippen MR) is 163 cm³/mol. The smallest absolute Gasteiger partial charge is 0.273 e. The number of unbranched alkanes of at least 4 members (excludes halogenated alkanes) is 1. The maximum absolute atomic E-state index is 13.0. The molecule has 0 bridgehead atoms. The van der Waals surface area contributed by atoms with Gasteiger partial charge >= 0.3 is 0 Å². The zero-order valence-corrected chi connectivity index (χ0v) is 26.3. The number of methoxy groups -OCH3 is 1. The summed E-state index contributed by atoms with van der Waals surface area (Å²) in [5.74, 6) is 0.0488. The number of aromatic nitrogens is 1. The first-order valence-corrected chi connectivity index (χ1v) is 15.5. The number of nitrogens with two attached hydrogens (primary N) is 1. The van der Waals surface area contributed by atoms with Crippen LogP contribution in [0.15, 0.2) is 18.3 Å². The van der Waals surface area contributed by atoms with Crippen molar-refractivity contribution in [2.24, 2.45) is 29.4 Å². The Labute approximate surface area is 252 Å². The average Bonchev–Trinajstić information content (AvgIpc) is 2.97. The second kappa shape index (κ2) is 19.8. The Kier molecular flexibility index (Phi) is 16.9. The van der Waals surface area contributed by atoms with Crippen LogP contribution in [0.4, 0.5) is 0 Å². The fourth-order valence-electron chi connectivity index (χ4n) is 5.02. The van der Waals surface area contributed by atoms with Gasteiger partial charge in [-0.25, -0.2) is 4.98 Å². The molecule has 11 heteroatoms. The Morgan fingerprint density at radius 2 is 1.81 bits per heavy atom. The van der Waals surface area contributed by atoms with E-state index in [2.05, 4.69) is 34.4 Å². The van der Waals surface area contributed by atoms with E-state index in [9.17, 15) is 14.7 Å². The van der Waals surface area contributed by atoms with Crippen LogP contribution in [-0.4, -0.2) is 105 Å². The molecule has 5 N–H and O–H groups in total. The molecule has 2 heterocycles. The van der Waals surface area contributed by atoms with Gasteiger partial charge in [0.05, 0.1) is 25.9 Å². The van der Waals surface area contributed by atoms with E-state index in [4.69, 9.17) is 19.9 Å². The molecule has 2 amide bonds. The highest BCUT2D eigenvalue weighted by Gasteiger charge is 2.30. The Bertz CT molecular complexity index is 912. The Morgan fingerprint density at radius 1 is 1.10 bits per heavy atom. The summed E-state index contributed by atoms with van der Waals surface area (Å²) in [6.07, 6.45) is 3.22. The van der Waals surface area contributed by atoms with Crippen molar-refractivity contribution in [2.75, 3.05) is 66.3 Å². The minimum Gasteiger partial charge on any atom is -0.491 e. The number of rotatable bonds is 20. The van der Waals surface area contributed by atoms with Crippen LogP contribution in [0.25, 0.3) is 0 Å². The molecule has 0 unspecified atom stereocenters. The second-order valence-corrected chi connectivity index (χ2v) is 11.9. The van der Waals surface area contributed by atoms with Gasteiger partial charge in [-0.1, -0.05) is 27.7 Å². The van der Waals surface area contributed by atoms with Gasteiger partial charge < -0.3 is 35.7 Å². The van der Waals surface area contributed by atoms with Crippen LogP contribution in [0.1, 0.15) is 63.9 Å². The van der Waals surface area contributed by atoms with Gasteiger partial charge in [0, 0.05) is 64.6 Å². The molecular formula is C31H55N5O6. The number of hydrogen-bond donors (Lipinski definition) is 4. The van der Waals surface area contributed by atoms with Crippen molar-refractivity contribution in [3.8, 4) is 5.75 Å². The second-order valence-electron chi connectivity index (χ2n) is 11.9. The molecule has 240 valence electrons. The predicted octanol–water partition coefficient (Wildman–Crippen LogP) is 2.08. The molecule has 4 atom stereocenters. The van der Waals surface area contributed by atoms with Gasteiger partial charge in [0.1, 0.15) is 0 Å². The Balaban J connectivity index is 1.87. The average molecular weight is 594 g/mol. The summed E-state index contributed by atoms with van der Waals surface area (Å²) < 4.78 is 16.3. The lowest BCUT2D eigenvalue weighted by Gasteiger charge is -2.30. The number of aliphatic hydroxyl groups is 1. The normalized spacial score (nSPS) is 17.1. The number of carbonyl (C=O) groups excluding carboxylic acids is 2. The van der Waals surface area contributed by atoms with E-state index in [0.29, 0.717) is 44.9 Å². The van der Waals surface area contributed by atoms with E-state index in [1.165, 1.54) is 0 Å². The summed E-state index contributed by atoms with van der Waals surface area (Å²) in [6.45, 7) is 14.2. The van der Waals surface area contributed by atoms with E-state index in [0.717, 1.165) is 45.7 Å². The van der Waals surface area contributed by atoms with Crippen LogP contribution >= 0.6 is 0 Å². The largest absolute Gasteiger partial charge is 0.491 e. The first-order valence-electron chi connectivity index (χ1n) is 15.5. The molecule has 0 spiro atoms.